The molecular formula is C13H17N3. The summed E-state index contributed by atoms with van der Waals surface area (Å²) in [6.07, 6.45) is 0. The van der Waals surface area contributed by atoms with Gasteiger partial charge in [-0.25, -0.2) is 0 Å². The van der Waals surface area contributed by atoms with Gasteiger partial charge in [-0.1, -0.05) is 24.3 Å². The Labute approximate surface area is 95.9 Å². The maximum Gasteiger partial charge on any atom is 0.0675 e. The van der Waals surface area contributed by atoms with E-state index in [1.807, 2.05) is 24.7 Å². The fourth-order valence-electron chi connectivity index (χ4n) is 2.14. The van der Waals surface area contributed by atoms with Crippen molar-refractivity contribution in [3.63, 3.8) is 0 Å². The van der Waals surface area contributed by atoms with E-state index in [0.29, 0.717) is 6.54 Å². The van der Waals surface area contributed by atoms with Crippen molar-refractivity contribution >= 4 is 0 Å². The van der Waals surface area contributed by atoms with Crippen LogP contribution >= 0.6 is 0 Å². The predicted octanol–water partition coefficient (Wildman–Crippen LogP) is 2.16. The fourth-order valence-corrected chi connectivity index (χ4v) is 2.14. The minimum absolute atomic E-state index is 0.515. The van der Waals surface area contributed by atoms with Gasteiger partial charge < -0.3 is 5.73 Å². The molecule has 0 aliphatic heterocycles. The molecule has 0 atom stereocenters. The van der Waals surface area contributed by atoms with E-state index in [1.54, 1.807) is 0 Å². The second kappa shape index (κ2) is 4.10. The maximum absolute atomic E-state index is 5.79. The van der Waals surface area contributed by atoms with Gasteiger partial charge in [0.15, 0.2) is 0 Å². The molecule has 0 amide bonds. The number of benzene rings is 1. The monoisotopic (exact) mass is 215 g/mol. The first-order valence-electron chi connectivity index (χ1n) is 5.43. The third kappa shape index (κ3) is 1.63. The maximum atomic E-state index is 5.79. The van der Waals surface area contributed by atoms with Crippen molar-refractivity contribution in [3.05, 3.63) is 41.2 Å². The molecule has 1 aromatic carbocycles. The molecular weight excluding hydrogens is 198 g/mol. The molecule has 84 valence electrons. The van der Waals surface area contributed by atoms with Gasteiger partial charge in [-0.15, -0.1) is 0 Å². The lowest BCUT2D eigenvalue weighted by atomic mass is 9.99. The molecule has 2 N–H and O–H groups in total. The van der Waals surface area contributed by atoms with Gasteiger partial charge in [-0.2, -0.15) is 5.10 Å². The molecule has 0 radical (unpaired) electrons. The molecule has 3 heteroatoms. The predicted molar refractivity (Wildman–Crippen MR) is 66.0 cm³/mol. The van der Waals surface area contributed by atoms with E-state index < -0.39 is 0 Å². The number of hydrogen-bond donors (Lipinski definition) is 1. The SMILES string of the molecule is Cc1ccccc1-c1c(C)nn(C)c1CN. The van der Waals surface area contributed by atoms with Gasteiger partial charge in [0.05, 0.1) is 11.4 Å². The van der Waals surface area contributed by atoms with Gasteiger partial charge in [0.25, 0.3) is 0 Å². The highest BCUT2D eigenvalue weighted by molar-refractivity contribution is 5.71. The highest BCUT2D eigenvalue weighted by Gasteiger charge is 2.14. The summed E-state index contributed by atoms with van der Waals surface area (Å²) in [5.41, 5.74) is 11.6. The van der Waals surface area contributed by atoms with Gasteiger partial charge in [-0.05, 0) is 25.0 Å². The third-order valence-electron chi connectivity index (χ3n) is 2.95. The van der Waals surface area contributed by atoms with Crippen LogP contribution in [-0.4, -0.2) is 9.78 Å². The number of nitrogens with two attached hydrogens (primary N) is 1. The van der Waals surface area contributed by atoms with E-state index in [4.69, 9.17) is 5.73 Å². The van der Waals surface area contributed by atoms with Crippen LogP contribution in [0.4, 0.5) is 0 Å². The fraction of sp³-hybridized carbons (Fsp3) is 0.308. The zero-order valence-corrected chi connectivity index (χ0v) is 9.99. The molecule has 0 spiro atoms. The van der Waals surface area contributed by atoms with E-state index in [9.17, 15) is 0 Å². The summed E-state index contributed by atoms with van der Waals surface area (Å²) >= 11 is 0. The quantitative estimate of drug-likeness (QED) is 0.834. The summed E-state index contributed by atoms with van der Waals surface area (Å²) in [4.78, 5) is 0. The molecule has 0 saturated heterocycles. The lowest BCUT2D eigenvalue weighted by Crippen LogP contribution is -2.05. The Morgan fingerprint density at radius 2 is 1.94 bits per heavy atom. The Balaban J connectivity index is 2.69. The summed E-state index contributed by atoms with van der Waals surface area (Å²) in [5.74, 6) is 0. The normalized spacial score (nSPS) is 10.8. The molecule has 1 aromatic heterocycles. The highest BCUT2D eigenvalue weighted by atomic mass is 15.3. The summed E-state index contributed by atoms with van der Waals surface area (Å²) in [6.45, 7) is 4.66. The largest absolute Gasteiger partial charge is 0.325 e. The average molecular weight is 215 g/mol. The van der Waals surface area contributed by atoms with Crippen molar-refractivity contribution in [3.8, 4) is 11.1 Å². The lowest BCUT2D eigenvalue weighted by Gasteiger charge is -2.07. The second-order valence-electron chi connectivity index (χ2n) is 4.05. The van der Waals surface area contributed by atoms with Gasteiger partial charge in [0, 0.05) is 19.2 Å². The number of hydrogen-bond acceptors (Lipinski definition) is 2. The first kappa shape index (κ1) is 10.9. The Morgan fingerprint density at radius 1 is 1.25 bits per heavy atom. The van der Waals surface area contributed by atoms with Gasteiger partial charge in [0.2, 0.25) is 0 Å². The van der Waals surface area contributed by atoms with Crippen LogP contribution in [-0.2, 0) is 13.6 Å². The van der Waals surface area contributed by atoms with Crippen molar-refractivity contribution in [2.45, 2.75) is 20.4 Å². The minimum Gasteiger partial charge on any atom is -0.325 e. The van der Waals surface area contributed by atoms with Crippen LogP contribution in [0.5, 0.6) is 0 Å². The van der Waals surface area contributed by atoms with E-state index in [2.05, 4.69) is 30.2 Å². The van der Waals surface area contributed by atoms with Crippen LogP contribution in [0.15, 0.2) is 24.3 Å². The van der Waals surface area contributed by atoms with Crippen molar-refractivity contribution in [1.29, 1.82) is 0 Å². The molecule has 0 fully saturated rings. The van der Waals surface area contributed by atoms with Crippen LogP contribution in [0.2, 0.25) is 0 Å². The Morgan fingerprint density at radius 3 is 2.56 bits per heavy atom. The standard InChI is InChI=1S/C13H17N3/c1-9-6-4-5-7-11(9)13-10(2)15-16(3)12(13)8-14/h4-7H,8,14H2,1-3H3. The van der Waals surface area contributed by atoms with Crippen LogP contribution in [0.25, 0.3) is 11.1 Å². The number of aromatic nitrogens is 2. The summed E-state index contributed by atoms with van der Waals surface area (Å²) in [7, 11) is 1.94. The Hall–Kier alpha value is -1.61. The van der Waals surface area contributed by atoms with E-state index in [1.165, 1.54) is 16.7 Å². The Bertz CT molecular complexity index is 512. The summed E-state index contributed by atoms with van der Waals surface area (Å²) < 4.78 is 1.87. The molecule has 2 aromatic rings. The minimum atomic E-state index is 0.515. The van der Waals surface area contributed by atoms with Gasteiger partial charge in [0.1, 0.15) is 0 Å². The third-order valence-corrected chi connectivity index (χ3v) is 2.95. The molecule has 0 bridgehead atoms. The zero-order valence-electron chi connectivity index (χ0n) is 9.99. The highest BCUT2D eigenvalue weighted by Crippen LogP contribution is 2.29. The summed E-state index contributed by atoms with van der Waals surface area (Å²) in [5, 5.41) is 4.44. The lowest BCUT2D eigenvalue weighted by molar-refractivity contribution is 0.706. The van der Waals surface area contributed by atoms with Gasteiger partial charge >= 0.3 is 0 Å². The van der Waals surface area contributed by atoms with E-state index in [-0.39, 0.29) is 0 Å². The molecule has 2 rings (SSSR count). The molecule has 0 unspecified atom stereocenters. The van der Waals surface area contributed by atoms with Crippen LogP contribution in [0, 0.1) is 13.8 Å². The van der Waals surface area contributed by atoms with Crippen molar-refractivity contribution in [2.24, 2.45) is 12.8 Å². The first-order valence-corrected chi connectivity index (χ1v) is 5.43. The van der Waals surface area contributed by atoms with Crippen molar-refractivity contribution in [2.75, 3.05) is 0 Å². The number of nitrogens with zero attached hydrogens (tertiary/aromatic N) is 2. The number of aryl methyl sites for hydroxylation is 3. The van der Waals surface area contributed by atoms with Crippen molar-refractivity contribution in [1.82, 2.24) is 9.78 Å². The summed E-state index contributed by atoms with van der Waals surface area (Å²) in [6, 6.07) is 8.34. The molecule has 0 aliphatic rings. The molecule has 0 saturated carbocycles. The van der Waals surface area contributed by atoms with E-state index in [0.717, 1.165) is 11.4 Å². The van der Waals surface area contributed by atoms with Crippen LogP contribution in [0.3, 0.4) is 0 Å². The van der Waals surface area contributed by atoms with E-state index >= 15 is 0 Å². The van der Waals surface area contributed by atoms with Crippen LogP contribution < -0.4 is 5.73 Å². The molecule has 16 heavy (non-hydrogen) atoms. The topological polar surface area (TPSA) is 43.8 Å². The Kier molecular flexibility index (Phi) is 2.79. The molecule has 1 heterocycles. The molecule has 3 nitrogen and oxygen atoms in total. The van der Waals surface area contributed by atoms with Crippen LogP contribution in [0.1, 0.15) is 17.0 Å². The van der Waals surface area contributed by atoms with Gasteiger partial charge in [-0.3, -0.25) is 4.68 Å². The number of rotatable bonds is 2. The second-order valence-corrected chi connectivity index (χ2v) is 4.05. The van der Waals surface area contributed by atoms with Crippen molar-refractivity contribution < 1.29 is 0 Å². The molecule has 0 aliphatic carbocycles. The zero-order chi connectivity index (χ0) is 11.7. The average Bonchev–Trinajstić information content (AvgIpc) is 2.54. The first-order chi connectivity index (χ1) is 7.65. The smallest absolute Gasteiger partial charge is 0.0675 e.